The normalized spacial score (nSPS) is 16.9. The molecule has 0 amide bonds. The number of rotatable bonds is 8. The highest BCUT2D eigenvalue weighted by molar-refractivity contribution is 7.18. The summed E-state index contributed by atoms with van der Waals surface area (Å²) >= 11 is 0. The summed E-state index contributed by atoms with van der Waals surface area (Å²) in [6, 6.07) is 0. The highest BCUT2D eigenvalue weighted by Crippen LogP contribution is 2.25. The Morgan fingerprint density at radius 1 is 1.06 bits per heavy atom. The van der Waals surface area contributed by atoms with Gasteiger partial charge in [0.2, 0.25) is 0 Å². The molecule has 104 valence electrons. The van der Waals surface area contributed by atoms with Crippen molar-refractivity contribution >= 4 is 9.24 Å². The Morgan fingerprint density at radius 3 is 1.94 bits per heavy atom. The molecule has 2 atom stereocenters. The number of nitrogens with two attached hydrogens (primary N) is 1. The van der Waals surface area contributed by atoms with E-state index in [1.165, 1.54) is 7.05 Å². The molecule has 0 bridgehead atoms. The third-order valence-electron chi connectivity index (χ3n) is 1.60. The van der Waals surface area contributed by atoms with Crippen molar-refractivity contribution < 1.29 is 31.4 Å². The van der Waals surface area contributed by atoms with Crippen LogP contribution in [-0.4, -0.2) is 44.6 Å². The van der Waals surface area contributed by atoms with Crippen molar-refractivity contribution in [1.82, 2.24) is 5.32 Å². The maximum Gasteiger partial charge on any atom is 0.379 e. The molecule has 0 rings (SSSR count). The molecule has 0 saturated carbocycles. The van der Waals surface area contributed by atoms with E-state index in [0.717, 1.165) is 0 Å². The molecule has 0 aromatic heterocycles. The van der Waals surface area contributed by atoms with Crippen LogP contribution >= 0.6 is 9.24 Å². The van der Waals surface area contributed by atoms with E-state index in [9.17, 15) is 22.0 Å². The van der Waals surface area contributed by atoms with E-state index >= 15 is 0 Å². The van der Waals surface area contributed by atoms with E-state index in [2.05, 4.69) is 15.2 Å². The first-order chi connectivity index (χ1) is 7.54. The van der Waals surface area contributed by atoms with Gasteiger partial charge < -0.3 is 15.2 Å². The molecule has 3 N–H and O–H groups in total. The second-order valence-corrected chi connectivity index (χ2v) is 4.08. The van der Waals surface area contributed by atoms with E-state index in [1.807, 2.05) is 5.32 Å². The summed E-state index contributed by atoms with van der Waals surface area (Å²) in [7, 11) is 2.77. The number of nitrogens with one attached hydrogen (secondary N) is 1. The first-order valence-electron chi connectivity index (χ1n) is 4.44. The minimum Gasteiger partial charge on any atom is -0.323 e. The molecule has 17 heavy (non-hydrogen) atoms. The smallest absolute Gasteiger partial charge is 0.323 e. The number of hydrogen-bond donors (Lipinski definition) is 2. The third-order valence-corrected chi connectivity index (χ3v) is 2.05. The monoisotopic (exact) mass is 284 g/mol. The average Bonchev–Trinajstić information content (AvgIpc) is 2.25. The second kappa shape index (κ2) is 6.19. The van der Waals surface area contributed by atoms with Crippen molar-refractivity contribution in [1.29, 1.82) is 0 Å². The summed E-state index contributed by atoms with van der Waals surface area (Å²) in [5.41, 5.74) is 2.29. The van der Waals surface area contributed by atoms with E-state index in [0.29, 0.717) is 0 Å². The number of likely N-dealkylation sites (N-methyl/N-ethyl adjacent to an activating group) is 1. The number of halogens is 5. The standard InChI is InChI=1S/C7H14F5N2O2P/c1-14-7(12,17)4-16-6(10,11)3-15-5(8,9)2-13/h14H,2-4,13,17H2,1H3. The molecule has 0 spiro atoms. The second-order valence-electron chi connectivity index (χ2n) is 3.17. The summed E-state index contributed by atoms with van der Waals surface area (Å²) in [6.45, 7) is -4.02. The highest BCUT2D eigenvalue weighted by atomic mass is 31.0. The van der Waals surface area contributed by atoms with Crippen LogP contribution in [0.1, 0.15) is 0 Å². The van der Waals surface area contributed by atoms with Crippen molar-refractivity contribution in [2.45, 2.75) is 17.8 Å². The molecular weight excluding hydrogens is 270 g/mol. The summed E-state index contributed by atoms with van der Waals surface area (Å²) in [6.07, 6.45) is -7.91. The van der Waals surface area contributed by atoms with Crippen LogP contribution in [-0.2, 0) is 9.47 Å². The van der Waals surface area contributed by atoms with Gasteiger partial charge in [-0.25, -0.2) is 4.39 Å². The molecule has 0 saturated heterocycles. The van der Waals surface area contributed by atoms with Gasteiger partial charge in [-0.05, 0) is 7.05 Å². The van der Waals surface area contributed by atoms with Gasteiger partial charge in [-0.1, -0.05) is 9.24 Å². The molecule has 0 aromatic carbocycles. The molecule has 2 unspecified atom stereocenters. The van der Waals surface area contributed by atoms with Crippen molar-refractivity contribution in [2.75, 3.05) is 26.8 Å². The largest absolute Gasteiger partial charge is 0.379 e. The van der Waals surface area contributed by atoms with Crippen molar-refractivity contribution in [3.8, 4) is 0 Å². The van der Waals surface area contributed by atoms with Crippen LogP contribution in [0.25, 0.3) is 0 Å². The van der Waals surface area contributed by atoms with Gasteiger partial charge in [0.15, 0.2) is 5.53 Å². The van der Waals surface area contributed by atoms with Crippen LogP contribution in [0.5, 0.6) is 0 Å². The van der Waals surface area contributed by atoms with Gasteiger partial charge in [0.25, 0.3) is 0 Å². The zero-order valence-corrected chi connectivity index (χ0v) is 10.1. The Labute approximate surface area is 97.2 Å². The van der Waals surface area contributed by atoms with Crippen molar-refractivity contribution in [3.05, 3.63) is 0 Å². The minimum atomic E-state index is -4.04. The Hall–Kier alpha value is -0.0800. The van der Waals surface area contributed by atoms with E-state index in [4.69, 9.17) is 0 Å². The van der Waals surface area contributed by atoms with Crippen LogP contribution < -0.4 is 11.1 Å². The first kappa shape index (κ1) is 16.9. The van der Waals surface area contributed by atoms with Gasteiger partial charge in [-0.15, -0.1) is 0 Å². The quantitative estimate of drug-likeness (QED) is 0.395. The summed E-state index contributed by atoms with van der Waals surface area (Å²) in [5.74, 6) is 0. The molecule has 4 nitrogen and oxygen atoms in total. The predicted octanol–water partition coefficient (Wildman–Crippen LogP) is 0.882. The van der Waals surface area contributed by atoms with Crippen LogP contribution in [0.15, 0.2) is 0 Å². The first-order valence-corrected chi connectivity index (χ1v) is 5.02. The zero-order valence-electron chi connectivity index (χ0n) is 8.98. The third kappa shape index (κ3) is 7.77. The minimum absolute atomic E-state index is 1.06. The SMILES string of the molecule is CNC(F)(P)COC(F)(F)COC(F)(F)CN. The van der Waals surface area contributed by atoms with Gasteiger partial charge >= 0.3 is 12.2 Å². The van der Waals surface area contributed by atoms with Gasteiger partial charge in [-0.2, -0.15) is 17.6 Å². The lowest BCUT2D eigenvalue weighted by Crippen LogP contribution is -2.42. The fraction of sp³-hybridized carbons (Fsp3) is 1.00. The Bertz CT molecular complexity index is 220. The Balaban J connectivity index is 4.13. The summed E-state index contributed by atoms with van der Waals surface area (Å²) in [4.78, 5) is 0. The van der Waals surface area contributed by atoms with Crippen molar-refractivity contribution in [3.63, 3.8) is 0 Å². The fourth-order valence-electron chi connectivity index (χ4n) is 0.573. The van der Waals surface area contributed by atoms with Crippen LogP contribution in [0.2, 0.25) is 0 Å². The topological polar surface area (TPSA) is 56.5 Å². The molecule has 0 aliphatic rings. The lowest BCUT2D eigenvalue weighted by molar-refractivity contribution is -0.323. The Morgan fingerprint density at radius 2 is 1.53 bits per heavy atom. The lowest BCUT2D eigenvalue weighted by atomic mass is 10.5. The fourth-order valence-corrected chi connectivity index (χ4v) is 0.656. The number of ether oxygens (including phenoxy) is 2. The molecule has 0 aliphatic heterocycles. The van der Waals surface area contributed by atoms with E-state index in [1.54, 1.807) is 9.24 Å². The number of alkyl halides is 5. The van der Waals surface area contributed by atoms with Crippen molar-refractivity contribution in [2.24, 2.45) is 5.73 Å². The number of hydrogen-bond acceptors (Lipinski definition) is 4. The average molecular weight is 284 g/mol. The Kier molecular flexibility index (Phi) is 6.16. The van der Waals surface area contributed by atoms with Gasteiger partial charge in [0.1, 0.15) is 13.2 Å². The highest BCUT2D eigenvalue weighted by Gasteiger charge is 2.39. The summed E-state index contributed by atoms with van der Waals surface area (Å²) in [5, 5.41) is 2.03. The maximum absolute atomic E-state index is 13.1. The van der Waals surface area contributed by atoms with Crippen LogP contribution in [0.4, 0.5) is 22.0 Å². The molecule has 10 heteroatoms. The molecule has 0 aliphatic carbocycles. The molecule has 0 heterocycles. The predicted molar refractivity (Wildman–Crippen MR) is 53.5 cm³/mol. The molecular formula is C7H14F5N2O2P. The zero-order chi connectivity index (χ0) is 13.7. The summed E-state index contributed by atoms with van der Waals surface area (Å²) < 4.78 is 70.9. The molecule has 0 aromatic rings. The van der Waals surface area contributed by atoms with Gasteiger partial charge in [-0.3, -0.25) is 5.32 Å². The molecule has 0 radical (unpaired) electrons. The van der Waals surface area contributed by atoms with E-state index < -0.39 is 37.5 Å². The molecule has 0 fully saturated rings. The lowest BCUT2D eigenvalue weighted by Gasteiger charge is -2.24. The van der Waals surface area contributed by atoms with Gasteiger partial charge in [0, 0.05) is 0 Å². The van der Waals surface area contributed by atoms with Gasteiger partial charge in [0.05, 0.1) is 6.54 Å². The van der Waals surface area contributed by atoms with Crippen LogP contribution in [0.3, 0.4) is 0 Å². The van der Waals surface area contributed by atoms with E-state index in [-0.39, 0.29) is 0 Å². The van der Waals surface area contributed by atoms with Crippen LogP contribution in [0, 0.1) is 0 Å². The maximum atomic E-state index is 13.1.